The third kappa shape index (κ3) is 5.30. The Balaban J connectivity index is 0.000000424. The first-order chi connectivity index (χ1) is 6.08. The highest BCUT2D eigenvalue weighted by Crippen LogP contribution is 2.40. The largest absolute Gasteiger partial charge is 0.323 e. The molecule has 0 spiro atoms. The fourth-order valence-electron chi connectivity index (χ4n) is 1.81. The van der Waals surface area contributed by atoms with Crippen LogP contribution in [-0.4, -0.2) is 14.1 Å². The highest BCUT2D eigenvalue weighted by molar-refractivity contribution is 4.79. The molecule has 0 radical (unpaired) electrons. The first-order valence-electron chi connectivity index (χ1n) is 5.66. The molecule has 0 aromatic rings. The summed E-state index contributed by atoms with van der Waals surface area (Å²) in [6.45, 7) is 7.16. The van der Waals surface area contributed by atoms with E-state index >= 15 is 0 Å². The molecule has 1 fully saturated rings. The average molecular weight is 185 g/mol. The van der Waals surface area contributed by atoms with Gasteiger partial charge < -0.3 is 5.32 Å². The number of rotatable bonds is 1. The molecule has 1 N–H and O–H groups in total. The van der Waals surface area contributed by atoms with Crippen LogP contribution in [0.1, 0.15) is 52.9 Å². The van der Waals surface area contributed by atoms with Crippen LogP contribution in [0.5, 0.6) is 0 Å². The minimum Gasteiger partial charge on any atom is -0.323 e. The maximum absolute atomic E-state index is 2.75. The molecule has 1 heteroatoms. The Labute approximate surface area is 84.3 Å². The van der Waals surface area contributed by atoms with Gasteiger partial charge in [-0.25, -0.2) is 0 Å². The number of hydrogen-bond donors (Lipinski definition) is 1. The standard InChI is InChI=1S/C10H20.C2H7N/c1-4-10(3)7-5-9(2)6-8-10;1-3-2/h9H,4-8H2,1-3H3;3H,1-2H3. The molecule has 80 valence electrons. The van der Waals surface area contributed by atoms with Gasteiger partial charge in [0.1, 0.15) is 0 Å². The molecular weight excluding hydrogens is 158 g/mol. The summed E-state index contributed by atoms with van der Waals surface area (Å²) in [5, 5.41) is 2.75. The number of nitrogens with one attached hydrogen (secondary N) is 1. The van der Waals surface area contributed by atoms with Gasteiger partial charge in [-0.1, -0.05) is 40.0 Å². The van der Waals surface area contributed by atoms with Crippen molar-refractivity contribution in [2.24, 2.45) is 11.3 Å². The second kappa shape index (κ2) is 6.42. The fourth-order valence-corrected chi connectivity index (χ4v) is 1.81. The van der Waals surface area contributed by atoms with Crippen LogP contribution in [-0.2, 0) is 0 Å². The molecule has 0 unspecified atom stereocenters. The Morgan fingerprint density at radius 1 is 1.23 bits per heavy atom. The van der Waals surface area contributed by atoms with E-state index in [9.17, 15) is 0 Å². The predicted molar refractivity (Wildman–Crippen MR) is 61.0 cm³/mol. The van der Waals surface area contributed by atoms with Crippen LogP contribution in [0.15, 0.2) is 0 Å². The van der Waals surface area contributed by atoms with E-state index in [1.54, 1.807) is 0 Å². The van der Waals surface area contributed by atoms with Crippen LogP contribution in [0, 0.1) is 11.3 Å². The van der Waals surface area contributed by atoms with Gasteiger partial charge in [0, 0.05) is 0 Å². The van der Waals surface area contributed by atoms with E-state index in [1.807, 2.05) is 14.1 Å². The average Bonchev–Trinajstić information content (AvgIpc) is 2.12. The van der Waals surface area contributed by atoms with E-state index in [-0.39, 0.29) is 0 Å². The summed E-state index contributed by atoms with van der Waals surface area (Å²) >= 11 is 0. The van der Waals surface area contributed by atoms with Crippen LogP contribution in [0.3, 0.4) is 0 Å². The smallest absolute Gasteiger partial charge is 0.0167 e. The van der Waals surface area contributed by atoms with Gasteiger partial charge in [-0.05, 0) is 38.3 Å². The topological polar surface area (TPSA) is 12.0 Å². The van der Waals surface area contributed by atoms with Crippen molar-refractivity contribution in [1.29, 1.82) is 0 Å². The van der Waals surface area contributed by atoms with Crippen molar-refractivity contribution in [3.63, 3.8) is 0 Å². The highest BCUT2D eigenvalue weighted by atomic mass is 14.7. The minimum atomic E-state index is 0.701. The zero-order chi connectivity index (χ0) is 10.3. The molecule has 0 aliphatic heterocycles. The van der Waals surface area contributed by atoms with Crippen molar-refractivity contribution in [3.8, 4) is 0 Å². The molecule has 0 aromatic carbocycles. The van der Waals surface area contributed by atoms with Gasteiger partial charge in [0.25, 0.3) is 0 Å². The van der Waals surface area contributed by atoms with Crippen molar-refractivity contribution in [1.82, 2.24) is 5.32 Å². The lowest BCUT2D eigenvalue weighted by Crippen LogP contribution is -2.22. The van der Waals surface area contributed by atoms with Crippen molar-refractivity contribution in [2.75, 3.05) is 14.1 Å². The Bertz CT molecular complexity index is 112. The Morgan fingerprint density at radius 3 is 1.92 bits per heavy atom. The molecular formula is C12H27N. The van der Waals surface area contributed by atoms with Gasteiger partial charge in [-0.15, -0.1) is 0 Å². The molecule has 1 aliphatic carbocycles. The molecule has 0 saturated heterocycles. The van der Waals surface area contributed by atoms with Crippen molar-refractivity contribution < 1.29 is 0 Å². The molecule has 0 aromatic heterocycles. The normalized spacial score (nSPS) is 33.5. The molecule has 1 nitrogen and oxygen atoms in total. The van der Waals surface area contributed by atoms with Crippen molar-refractivity contribution >= 4 is 0 Å². The summed E-state index contributed by atoms with van der Waals surface area (Å²) in [6.07, 6.45) is 7.23. The molecule has 1 rings (SSSR count). The zero-order valence-corrected chi connectivity index (χ0v) is 10.1. The Hall–Kier alpha value is -0.0400. The lowest BCUT2D eigenvalue weighted by molar-refractivity contribution is 0.172. The summed E-state index contributed by atoms with van der Waals surface area (Å²) in [7, 11) is 3.75. The third-order valence-corrected chi connectivity index (χ3v) is 3.33. The monoisotopic (exact) mass is 185 g/mol. The van der Waals surface area contributed by atoms with Gasteiger partial charge in [0.2, 0.25) is 0 Å². The quantitative estimate of drug-likeness (QED) is 0.660. The summed E-state index contributed by atoms with van der Waals surface area (Å²) in [5.41, 5.74) is 0.701. The zero-order valence-electron chi connectivity index (χ0n) is 10.1. The summed E-state index contributed by atoms with van der Waals surface area (Å²) in [4.78, 5) is 0. The summed E-state index contributed by atoms with van der Waals surface area (Å²) in [5.74, 6) is 1.000. The lowest BCUT2D eigenvalue weighted by atomic mass is 9.71. The van der Waals surface area contributed by atoms with Crippen LogP contribution in [0.2, 0.25) is 0 Å². The van der Waals surface area contributed by atoms with Crippen LogP contribution in [0.25, 0.3) is 0 Å². The van der Waals surface area contributed by atoms with Crippen LogP contribution in [0.4, 0.5) is 0 Å². The van der Waals surface area contributed by atoms with E-state index in [2.05, 4.69) is 26.1 Å². The van der Waals surface area contributed by atoms with Crippen LogP contribution < -0.4 is 5.32 Å². The molecule has 0 heterocycles. The van der Waals surface area contributed by atoms with E-state index in [0.29, 0.717) is 5.41 Å². The molecule has 0 atom stereocenters. The third-order valence-electron chi connectivity index (χ3n) is 3.33. The Morgan fingerprint density at radius 2 is 1.62 bits per heavy atom. The molecule has 13 heavy (non-hydrogen) atoms. The van der Waals surface area contributed by atoms with E-state index in [4.69, 9.17) is 0 Å². The van der Waals surface area contributed by atoms with E-state index < -0.39 is 0 Å². The van der Waals surface area contributed by atoms with E-state index in [0.717, 1.165) is 5.92 Å². The van der Waals surface area contributed by atoms with Crippen LogP contribution >= 0.6 is 0 Å². The second-order valence-electron chi connectivity index (χ2n) is 4.85. The predicted octanol–water partition coefficient (Wildman–Crippen LogP) is 3.45. The summed E-state index contributed by atoms with van der Waals surface area (Å²) < 4.78 is 0. The van der Waals surface area contributed by atoms with Gasteiger partial charge in [0.05, 0.1) is 0 Å². The Kier molecular flexibility index (Phi) is 6.40. The van der Waals surface area contributed by atoms with Gasteiger partial charge >= 0.3 is 0 Å². The SMILES string of the molecule is CCC1(C)CCC(C)CC1.CNC. The summed E-state index contributed by atoms with van der Waals surface area (Å²) in [6, 6.07) is 0. The maximum atomic E-state index is 2.75. The molecule has 1 aliphatic rings. The first kappa shape index (κ1) is 13.0. The molecule has 0 amide bonds. The van der Waals surface area contributed by atoms with Gasteiger partial charge in [-0.2, -0.15) is 0 Å². The first-order valence-corrected chi connectivity index (χ1v) is 5.66. The number of hydrogen-bond acceptors (Lipinski definition) is 1. The van der Waals surface area contributed by atoms with Crippen molar-refractivity contribution in [2.45, 2.75) is 52.9 Å². The molecule has 1 saturated carbocycles. The highest BCUT2D eigenvalue weighted by Gasteiger charge is 2.27. The molecule has 0 bridgehead atoms. The van der Waals surface area contributed by atoms with Gasteiger partial charge in [0.15, 0.2) is 0 Å². The van der Waals surface area contributed by atoms with Gasteiger partial charge in [-0.3, -0.25) is 0 Å². The van der Waals surface area contributed by atoms with Crippen molar-refractivity contribution in [3.05, 3.63) is 0 Å². The fraction of sp³-hybridized carbons (Fsp3) is 1.00. The second-order valence-corrected chi connectivity index (χ2v) is 4.85. The lowest BCUT2D eigenvalue weighted by Gasteiger charge is -2.35. The minimum absolute atomic E-state index is 0.701. The van der Waals surface area contributed by atoms with E-state index in [1.165, 1.54) is 32.1 Å². The maximum Gasteiger partial charge on any atom is -0.0167 e.